The Morgan fingerprint density at radius 3 is 2.85 bits per heavy atom. The molecule has 0 radical (unpaired) electrons. The van der Waals surface area contributed by atoms with Gasteiger partial charge in [0.1, 0.15) is 6.61 Å². The average molecular weight is 273 g/mol. The van der Waals surface area contributed by atoms with Crippen molar-refractivity contribution < 1.29 is 14.6 Å². The maximum Gasteiger partial charge on any atom is 0.225 e. The van der Waals surface area contributed by atoms with E-state index in [1.807, 2.05) is 24.3 Å². The van der Waals surface area contributed by atoms with Crippen LogP contribution in [0.4, 0.5) is 0 Å². The van der Waals surface area contributed by atoms with Gasteiger partial charge in [0.05, 0.1) is 12.5 Å². The summed E-state index contributed by atoms with van der Waals surface area (Å²) in [5.74, 6) is 5.48. The van der Waals surface area contributed by atoms with Gasteiger partial charge in [0.15, 0.2) is 0 Å². The number of benzene rings is 1. The van der Waals surface area contributed by atoms with Gasteiger partial charge in [0.2, 0.25) is 5.91 Å². The summed E-state index contributed by atoms with van der Waals surface area (Å²) < 4.78 is 5.31. The highest BCUT2D eigenvalue weighted by Gasteiger charge is 2.21. The molecule has 1 aliphatic heterocycles. The molecule has 0 bridgehead atoms. The van der Waals surface area contributed by atoms with Crippen LogP contribution < -0.4 is 5.32 Å². The molecule has 20 heavy (non-hydrogen) atoms. The van der Waals surface area contributed by atoms with E-state index in [0.29, 0.717) is 13.2 Å². The number of aliphatic hydroxyl groups excluding tert-OH is 1. The molecule has 0 spiro atoms. The van der Waals surface area contributed by atoms with Gasteiger partial charge in [-0.25, -0.2) is 0 Å². The zero-order chi connectivity index (χ0) is 14.2. The van der Waals surface area contributed by atoms with Crippen molar-refractivity contribution in [2.45, 2.75) is 19.4 Å². The molecule has 4 nitrogen and oxygen atoms in total. The van der Waals surface area contributed by atoms with Crippen LogP contribution in [0.3, 0.4) is 0 Å². The van der Waals surface area contributed by atoms with Crippen LogP contribution in [0.5, 0.6) is 0 Å². The molecule has 1 aromatic carbocycles. The lowest BCUT2D eigenvalue weighted by Gasteiger charge is -2.21. The van der Waals surface area contributed by atoms with Crippen LogP contribution in [0.1, 0.15) is 24.0 Å². The highest BCUT2D eigenvalue weighted by atomic mass is 16.5. The highest BCUT2D eigenvalue weighted by molar-refractivity contribution is 5.78. The topological polar surface area (TPSA) is 58.6 Å². The summed E-state index contributed by atoms with van der Waals surface area (Å²) in [6.45, 7) is 1.67. The van der Waals surface area contributed by atoms with Crippen LogP contribution in [-0.2, 0) is 16.1 Å². The van der Waals surface area contributed by atoms with Gasteiger partial charge in [-0.1, -0.05) is 24.0 Å². The van der Waals surface area contributed by atoms with Crippen molar-refractivity contribution in [3.05, 3.63) is 35.4 Å². The molecule has 0 aliphatic carbocycles. The molecule has 1 aromatic rings. The normalized spacial score (nSPS) is 17.9. The van der Waals surface area contributed by atoms with Gasteiger partial charge in [0, 0.05) is 18.7 Å². The van der Waals surface area contributed by atoms with E-state index in [1.165, 1.54) is 0 Å². The molecule has 2 N–H and O–H groups in total. The van der Waals surface area contributed by atoms with Crippen LogP contribution in [0.2, 0.25) is 0 Å². The Kier molecular flexibility index (Phi) is 5.60. The van der Waals surface area contributed by atoms with Gasteiger partial charge in [-0.05, 0) is 30.5 Å². The first-order valence-corrected chi connectivity index (χ1v) is 6.83. The molecule has 1 heterocycles. The standard InChI is InChI=1S/C16H19NO3/c18-9-1-3-13-5-7-14(8-6-13)11-17-16(19)15-4-2-10-20-12-15/h5-8,15,18H,2,4,9-12H2,(H,17,19). The van der Waals surface area contributed by atoms with Crippen molar-refractivity contribution in [3.63, 3.8) is 0 Å². The lowest BCUT2D eigenvalue weighted by molar-refractivity contribution is -0.129. The Hall–Kier alpha value is -1.83. The number of nitrogens with one attached hydrogen (secondary N) is 1. The van der Waals surface area contributed by atoms with Crippen molar-refractivity contribution in [1.82, 2.24) is 5.32 Å². The Labute approximate surface area is 119 Å². The van der Waals surface area contributed by atoms with E-state index in [0.717, 1.165) is 30.6 Å². The van der Waals surface area contributed by atoms with Crippen LogP contribution in [-0.4, -0.2) is 30.8 Å². The summed E-state index contributed by atoms with van der Waals surface area (Å²) in [7, 11) is 0. The van der Waals surface area contributed by atoms with Gasteiger partial charge < -0.3 is 15.2 Å². The quantitative estimate of drug-likeness (QED) is 0.810. The zero-order valence-electron chi connectivity index (χ0n) is 11.4. The third-order valence-electron chi connectivity index (χ3n) is 3.26. The average Bonchev–Trinajstić information content (AvgIpc) is 2.52. The van der Waals surface area contributed by atoms with Gasteiger partial charge in [0.25, 0.3) is 0 Å². The van der Waals surface area contributed by atoms with Crippen molar-refractivity contribution in [2.75, 3.05) is 19.8 Å². The second-order valence-electron chi connectivity index (χ2n) is 4.79. The third kappa shape index (κ3) is 4.37. The molecule has 106 valence electrons. The number of hydrogen-bond donors (Lipinski definition) is 2. The fraction of sp³-hybridized carbons (Fsp3) is 0.438. The fourth-order valence-electron chi connectivity index (χ4n) is 2.13. The van der Waals surface area contributed by atoms with Crippen molar-refractivity contribution in [1.29, 1.82) is 0 Å². The molecule has 1 atom stereocenters. The Morgan fingerprint density at radius 2 is 2.20 bits per heavy atom. The predicted molar refractivity (Wildman–Crippen MR) is 75.8 cm³/mol. The van der Waals surface area contributed by atoms with Gasteiger partial charge in [-0.15, -0.1) is 0 Å². The molecular formula is C16H19NO3. The van der Waals surface area contributed by atoms with Crippen molar-refractivity contribution >= 4 is 5.91 Å². The van der Waals surface area contributed by atoms with E-state index < -0.39 is 0 Å². The van der Waals surface area contributed by atoms with Crippen LogP contribution in [0, 0.1) is 17.8 Å². The zero-order valence-corrected chi connectivity index (χ0v) is 11.4. The molecule has 0 aromatic heterocycles. The minimum atomic E-state index is -0.138. The minimum absolute atomic E-state index is 0.0153. The molecule has 4 heteroatoms. The summed E-state index contributed by atoms with van der Waals surface area (Å²) >= 11 is 0. The number of carbonyl (C=O) groups excluding carboxylic acids is 1. The number of rotatable bonds is 3. The van der Waals surface area contributed by atoms with Gasteiger partial charge >= 0.3 is 0 Å². The smallest absolute Gasteiger partial charge is 0.225 e. The Morgan fingerprint density at radius 1 is 1.40 bits per heavy atom. The monoisotopic (exact) mass is 273 g/mol. The summed E-state index contributed by atoms with van der Waals surface area (Å²) in [6.07, 6.45) is 1.86. The number of amides is 1. The molecule has 1 aliphatic rings. The first-order chi connectivity index (χ1) is 9.79. The van der Waals surface area contributed by atoms with E-state index in [2.05, 4.69) is 17.2 Å². The first kappa shape index (κ1) is 14.6. The maximum atomic E-state index is 11.9. The van der Waals surface area contributed by atoms with Crippen LogP contribution >= 0.6 is 0 Å². The molecule has 1 saturated heterocycles. The number of ether oxygens (including phenoxy) is 1. The largest absolute Gasteiger partial charge is 0.384 e. The molecule has 1 unspecified atom stereocenters. The van der Waals surface area contributed by atoms with Crippen molar-refractivity contribution in [3.8, 4) is 11.8 Å². The van der Waals surface area contributed by atoms with Gasteiger partial charge in [-0.3, -0.25) is 4.79 Å². The second-order valence-corrected chi connectivity index (χ2v) is 4.79. The third-order valence-corrected chi connectivity index (χ3v) is 3.26. The summed E-state index contributed by atoms with van der Waals surface area (Å²) in [6, 6.07) is 7.62. The lowest BCUT2D eigenvalue weighted by Crippen LogP contribution is -2.35. The van der Waals surface area contributed by atoms with E-state index >= 15 is 0 Å². The van der Waals surface area contributed by atoms with Crippen LogP contribution in [0.15, 0.2) is 24.3 Å². The van der Waals surface area contributed by atoms with Gasteiger partial charge in [-0.2, -0.15) is 0 Å². The molecule has 2 rings (SSSR count). The number of carbonyl (C=O) groups is 1. The first-order valence-electron chi connectivity index (χ1n) is 6.83. The van der Waals surface area contributed by atoms with Crippen LogP contribution in [0.25, 0.3) is 0 Å². The highest BCUT2D eigenvalue weighted by Crippen LogP contribution is 2.13. The molecule has 0 saturated carbocycles. The minimum Gasteiger partial charge on any atom is -0.384 e. The van der Waals surface area contributed by atoms with E-state index in [-0.39, 0.29) is 18.4 Å². The number of aliphatic hydroxyl groups is 1. The fourth-order valence-corrected chi connectivity index (χ4v) is 2.13. The predicted octanol–water partition coefficient (Wildman–Crippen LogP) is 1.07. The molecule has 1 fully saturated rings. The Bertz CT molecular complexity index is 493. The summed E-state index contributed by atoms with van der Waals surface area (Å²) in [5.41, 5.74) is 1.89. The van der Waals surface area contributed by atoms with E-state index in [4.69, 9.17) is 9.84 Å². The van der Waals surface area contributed by atoms with E-state index in [9.17, 15) is 4.79 Å². The number of hydrogen-bond acceptors (Lipinski definition) is 3. The molecular weight excluding hydrogens is 254 g/mol. The SMILES string of the molecule is O=C(NCc1ccc(C#CCO)cc1)C1CCCOC1. The summed E-state index contributed by atoms with van der Waals surface area (Å²) in [5, 5.41) is 11.6. The maximum absolute atomic E-state index is 11.9. The van der Waals surface area contributed by atoms with Crippen molar-refractivity contribution in [2.24, 2.45) is 5.92 Å². The Balaban J connectivity index is 1.82. The van der Waals surface area contributed by atoms with E-state index in [1.54, 1.807) is 0 Å². The second kappa shape index (κ2) is 7.68. The lowest BCUT2D eigenvalue weighted by atomic mass is 10.0. The molecule has 1 amide bonds. The summed E-state index contributed by atoms with van der Waals surface area (Å²) in [4.78, 5) is 11.9.